The number of anilines is 1. The van der Waals surface area contributed by atoms with Crippen LogP contribution in [0.1, 0.15) is 12.8 Å². The fourth-order valence-electron chi connectivity index (χ4n) is 2.90. The highest BCUT2D eigenvalue weighted by molar-refractivity contribution is 6.01. The molecule has 22 heavy (non-hydrogen) atoms. The van der Waals surface area contributed by atoms with Crippen molar-refractivity contribution in [2.45, 2.75) is 12.8 Å². The summed E-state index contributed by atoms with van der Waals surface area (Å²) >= 11 is 0. The normalized spacial score (nSPS) is 15.7. The summed E-state index contributed by atoms with van der Waals surface area (Å²) in [6.45, 7) is 1.12. The molecule has 1 aliphatic heterocycles. The third-order valence-electron chi connectivity index (χ3n) is 4.22. The van der Waals surface area contributed by atoms with E-state index in [0.717, 1.165) is 16.5 Å². The van der Waals surface area contributed by atoms with Crippen LogP contribution in [0.15, 0.2) is 42.5 Å². The van der Waals surface area contributed by atoms with Crippen LogP contribution in [-0.2, 0) is 4.79 Å². The van der Waals surface area contributed by atoms with Gasteiger partial charge in [-0.05, 0) is 24.3 Å². The minimum Gasteiger partial charge on any atom is -0.369 e. The second-order valence-corrected chi connectivity index (χ2v) is 5.62. The summed E-state index contributed by atoms with van der Waals surface area (Å²) < 4.78 is 0. The van der Waals surface area contributed by atoms with E-state index >= 15 is 0 Å². The first-order chi connectivity index (χ1) is 10.6. The second kappa shape index (κ2) is 6.05. The summed E-state index contributed by atoms with van der Waals surface area (Å²) in [5, 5.41) is 5.08. The van der Waals surface area contributed by atoms with E-state index in [9.17, 15) is 9.59 Å². The molecule has 0 unspecified atom stereocenters. The molecule has 5 nitrogen and oxygen atoms in total. The molecule has 114 valence electrons. The summed E-state index contributed by atoms with van der Waals surface area (Å²) in [4.78, 5) is 25.3. The van der Waals surface area contributed by atoms with Crippen molar-refractivity contribution >= 4 is 28.4 Å². The first kappa shape index (κ1) is 14.4. The lowest BCUT2D eigenvalue weighted by Gasteiger charge is -2.30. The monoisotopic (exact) mass is 297 g/mol. The van der Waals surface area contributed by atoms with E-state index in [1.165, 1.54) is 0 Å². The van der Waals surface area contributed by atoms with E-state index in [-0.39, 0.29) is 17.9 Å². The Morgan fingerprint density at radius 3 is 2.45 bits per heavy atom. The average molecular weight is 297 g/mol. The smallest absolute Gasteiger partial charge is 0.321 e. The van der Waals surface area contributed by atoms with Crippen LogP contribution in [0.25, 0.3) is 10.8 Å². The molecule has 0 bridgehead atoms. The van der Waals surface area contributed by atoms with E-state index in [1.54, 1.807) is 4.90 Å². The zero-order valence-electron chi connectivity index (χ0n) is 12.3. The molecule has 3 rings (SSSR count). The quantitative estimate of drug-likeness (QED) is 0.894. The van der Waals surface area contributed by atoms with Gasteiger partial charge in [-0.3, -0.25) is 4.79 Å². The predicted octanol–water partition coefficient (Wildman–Crippen LogP) is 2.57. The van der Waals surface area contributed by atoms with Crippen molar-refractivity contribution in [2.75, 3.05) is 18.4 Å². The van der Waals surface area contributed by atoms with Gasteiger partial charge in [0, 0.05) is 24.4 Å². The fraction of sp³-hybridized carbons (Fsp3) is 0.294. The summed E-state index contributed by atoms with van der Waals surface area (Å²) in [6.07, 6.45) is 1.27. The summed E-state index contributed by atoms with van der Waals surface area (Å²) in [6, 6.07) is 13.7. The van der Waals surface area contributed by atoms with E-state index in [4.69, 9.17) is 5.73 Å². The minimum absolute atomic E-state index is 0.110. The number of nitrogens with zero attached hydrogens (tertiary/aromatic N) is 1. The van der Waals surface area contributed by atoms with Crippen LogP contribution < -0.4 is 11.1 Å². The third-order valence-corrected chi connectivity index (χ3v) is 4.22. The predicted molar refractivity (Wildman–Crippen MR) is 86.5 cm³/mol. The van der Waals surface area contributed by atoms with Crippen molar-refractivity contribution < 1.29 is 9.59 Å². The number of benzene rings is 2. The summed E-state index contributed by atoms with van der Waals surface area (Å²) in [5.41, 5.74) is 6.12. The number of fused-ring (bicyclic) bond motifs is 1. The Balaban J connectivity index is 1.70. The van der Waals surface area contributed by atoms with Crippen LogP contribution in [0.4, 0.5) is 10.5 Å². The molecule has 1 aliphatic rings. The number of rotatable bonds is 2. The van der Waals surface area contributed by atoms with E-state index in [0.29, 0.717) is 25.9 Å². The molecule has 2 aromatic carbocycles. The average Bonchev–Trinajstić information content (AvgIpc) is 2.55. The standard InChI is InChI=1S/C17H19N3O2/c18-16(21)13-8-10-20(11-9-13)17(22)19-15-7-3-5-12-4-1-2-6-14(12)15/h1-7,13H,8-11H2,(H2,18,21)(H,19,22). The van der Waals surface area contributed by atoms with E-state index in [1.807, 2.05) is 42.5 Å². The van der Waals surface area contributed by atoms with Crippen molar-refractivity contribution in [1.29, 1.82) is 0 Å². The number of hydrogen-bond acceptors (Lipinski definition) is 2. The minimum atomic E-state index is -0.269. The van der Waals surface area contributed by atoms with Crippen molar-refractivity contribution in [3.8, 4) is 0 Å². The van der Waals surface area contributed by atoms with Crippen LogP contribution in [0, 0.1) is 5.92 Å². The van der Waals surface area contributed by atoms with Gasteiger partial charge in [0.1, 0.15) is 0 Å². The molecule has 0 radical (unpaired) electrons. The zero-order valence-corrected chi connectivity index (χ0v) is 12.3. The highest BCUT2D eigenvalue weighted by atomic mass is 16.2. The topological polar surface area (TPSA) is 75.4 Å². The van der Waals surface area contributed by atoms with Crippen molar-refractivity contribution in [3.05, 3.63) is 42.5 Å². The van der Waals surface area contributed by atoms with Crippen LogP contribution in [0.3, 0.4) is 0 Å². The lowest BCUT2D eigenvalue weighted by Crippen LogP contribution is -2.43. The number of urea groups is 1. The summed E-state index contributed by atoms with van der Waals surface area (Å²) in [5.74, 6) is -0.379. The second-order valence-electron chi connectivity index (χ2n) is 5.62. The van der Waals surface area contributed by atoms with Gasteiger partial charge in [-0.15, -0.1) is 0 Å². The molecule has 0 saturated carbocycles. The van der Waals surface area contributed by atoms with Gasteiger partial charge in [-0.2, -0.15) is 0 Å². The van der Waals surface area contributed by atoms with E-state index < -0.39 is 0 Å². The Hall–Kier alpha value is -2.56. The number of likely N-dealkylation sites (tertiary alicyclic amines) is 1. The molecule has 1 fully saturated rings. The van der Waals surface area contributed by atoms with Crippen LogP contribution in [0.5, 0.6) is 0 Å². The van der Waals surface area contributed by atoms with Gasteiger partial charge in [-0.25, -0.2) is 4.79 Å². The van der Waals surface area contributed by atoms with Crippen molar-refractivity contribution in [1.82, 2.24) is 4.90 Å². The van der Waals surface area contributed by atoms with Gasteiger partial charge in [0.05, 0.1) is 5.69 Å². The van der Waals surface area contributed by atoms with Gasteiger partial charge in [0.2, 0.25) is 5.91 Å². The van der Waals surface area contributed by atoms with Gasteiger partial charge < -0.3 is 16.0 Å². The molecule has 1 saturated heterocycles. The highest BCUT2D eigenvalue weighted by Crippen LogP contribution is 2.24. The molecule has 1 heterocycles. The molecule has 0 spiro atoms. The van der Waals surface area contributed by atoms with Crippen molar-refractivity contribution in [2.24, 2.45) is 11.7 Å². The van der Waals surface area contributed by atoms with Crippen LogP contribution in [0.2, 0.25) is 0 Å². The molecular weight excluding hydrogens is 278 g/mol. The maximum absolute atomic E-state index is 12.4. The largest absolute Gasteiger partial charge is 0.369 e. The SMILES string of the molecule is NC(=O)C1CCN(C(=O)Nc2cccc3ccccc23)CC1. The number of hydrogen-bond donors (Lipinski definition) is 2. The van der Waals surface area contributed by atoms with Gasteiger partial charge in [0.25, 0.3) is 0 Å². The lowest BCUT2D eigenvalue weighted by molar-refractivity contribution is -0.122. The number of carbonyl (C=O) groups is 2. The highest BCUT2D eigenvalue weighted by Gasteiger charge is 2.25. The summed E-state index contributed by atoms with van der Waals surface area (Å²) in [7, 11) is 0. The molecule has 3 N–H and O–H groups in total. The lowest BCUT2D eigenvalue weighted by atomic mass is 9.96. The van der Waals surface area contributed by atoms with Crippen LogP contribution in [-0.4, -0.2) is 29.9 Å². The third kappa shape index (κ3) is 2.88. The number of primary amides is 1. The maximum atomic E-state index is 12.4. The van der Waals surface area contributed by atoms with Gasteiger partial charge in [-0.1, -0.05) is 36.4 Å². The molecule has 2 aromatic rings. The van der Waals surface area contributed by atoms with Crippen molar-refractivity contribution in [3.63, 3.8) is 0 Å². The number of nitrogens with two attached hydrogens (primary N) is 1. The van der Waals surface area contributed by atoms with E-state index in [2.05, 4.69) is 5.32 Å². The fourth-order valence-corrected chi connectivity index (χ4v) is 2.90. The van der Waals surface area contributed by atoms with Gasteiger partial charge in [0.15, 0.2) is 0 Å². The van der Waals surface area contributed by atoms with Gasteiger partial charge >= 0.3 is 6.03 Å². The Bertz CT molecular complexity index is 701. The molecule has 0 aliphatic carbocycles. The number of piperidine rings is 1. The first-order valence-corrected chi connectivity index (χ1v) is 7.48. The number of amides is 3. The molecule has 3 amide bonds. The maximum Gasteiger partial charge on any atom is 0.321 e. The Morgan fingerprint density at radius 1 is 1.05 bits per heavy atom. The molecule has 0 atom stereocenters. The molecule has 5 heteroatoms. The van der Waals surface area contributed by atoms with Crippen LogP contribution >= 0.6 is 0 Å². The molecule has 0 aromatic heterocycles. The zero-order chi connectivity index (χ0) is 15.5. The molecular formula is C17H19N3O2. The first-order valence-electron chi connectivity index (χ1n) is 7.48. The Labute approximate surface area is 129 Å². The Kier molecular flexibility index (Phi) is 3.96. The number of nitrogens with one attached hydrogen (secondary N) is 1. The number of carbonyl (C=O) groups excluding carboxylic acids is 2. The Morgan fingerprint density at radius 2 is 1.73 bits per heavy atom.